The average Bonchev–Trinajstić information content (AvgIpc) is 2.14. The Hall–Kier alpha value is -1.49. The van der Waals surface area contributed by atoms with Crippen LogP contribution in [-0.4, -0.2) is 6.61 Å². The summed E-state index contributed by atoms with van der Waals surface area (Å²) in [7, 11) is 0. The summed E-state index contributed by atoms with van der Waals surface area (Å²) in [5.41, 5.74) is 1.22. The maximum Gasteiger partial charge on any atom is 0.138 e. The number of hydrogen-bond donors (Lipinski definition) is 0. The van der Waals surface area contributed by atoms with Crippen LogP contribution in [0.4, 0.5) is 4.39 Å². The fraction of sp³-hybridized carbons (Fsp3) is 0.385. The van der Waals surface area contributed by atoms with E-state index in [-0.39, 0.29) is 5.82 Å². The largest absolute Gasteiger partial charge is 0.492 e. The van der Waals surface area contributed by atoms with Crippen LogP contribution in [0.1, 0.15) is 25.0 Å². The minimum atomic E-state index is -0.322. The van der Waals surface area contributed by atoms with E-state index in [1.807, 2.05) is 0 Å². The molecule has 1 rings (SSSR count). The number of aryl methyl sites for hydroxylation is 1. The third-order valence-corrected chi connectivity index (χ3v) is 1.96. The third-order valence-electron chi connectivity index (χ3n) is 1.96. The zero-order valence-electron chi connectivity index (χ0n) is 9.30. The second-order valence-corrected chi connectivity index (χ2v) is 3.95. The quantitative estimate of drug-likeness (QED) is 0.690. The van der Waals surface area contributed by atoms with Crippen LogP contribution in [0.15, 0.2) is 12.1 Å². The van der Waals surface area contributed by atoms with Gasteiger partial charge < -0.3 is 4.74 Å². The van der Waals surface area contributed by atoms with Gasteiger partial charge in [-0.3, -0.25) is 0 Å². The lowest BCUT2D eigenvalue weighted by Gasteiger charge is -2.13. The second-order valence-electron chi connectivity index (χ2n) is 3.95. The van der Waals surface area contributed by atoms with Gasteiger partial charge in [0.25, 0.3) is 0 Å². The number of benzene rings is 1. The highest BCUT2D eigenvalue weighted by atomic mass is 19.1. The molecule has 0 saturated heterocycles. The van der Waals surface area contributed by atoms with Crippen molar-refractivity contribution in [2.24, 2.45) is 5.92 Å². The van der Waals surface area contributed by atoms with Crippen molar-refractivity contribution >= 4 is 0 Å². The Kier molecular flexibility index (Phi) is 3.74. The summed E-state index contributed by atoms with van der Waals surface area (Å²) in [4.78, 5) is 0. The van der Waals surface area contributed by atoms with Gasteiger partial charge in [-0.1, -0.05) is 19.8 Å². The van der Waals surface area contributed by atoms with Gasteiger partial charge in [0, 0.05) is 0 Å². The molecule has 0 saturated carbocycles. The fourth-order valence-corrected chi connectivity index (χ4v) is 1.28. The van der Waals surface area contributed by atoms with Crippen LogP contribution in [0.3, 0.4) is 0 Å². The van der Waals surface area contributed by atoms with E-state index in [1.165, 1.54) is 12.1 Å². The van der Waals surface area contributed by atoms with Crippen LogP contribution in [-0.2, 0) is 0 Å². The molecule has 1 aromatic carbocycles. The van der Waals surface area contributed by atoms with Crippen molar-refractivity contribution in [1.82, 2.24) is 0 Å². The minimum Gasteiger partial charge on any atom is -0.492 e. The van der Waals surface area contributed by atoms with E-state index >= 15 is 0 Å². The van der Waals surface area contributed by atoms with Gasteiger partial charge in [0.2, 0.25) is 0 Å². The molecule has 80 valence electrons. The van der Waals surface area contributed by atoms with Crippen molar-refractivity contribution in [3.63, 3.8) is 0 Å². The highest BCUT2D eigenvalue weighted by molar-refractivity contribution is 5.49. The Morgan fingerprint density at radius 3 is 2.67 bits per heavy atom. The molecule has 2 heteroatoms. The lowest BCUT2D eigenvalue weighted by Crippen LogP contribution is -2.07. The van der Waals surface area contributed by atoms with Crippen LogP contribution in [0.25, 0.3) is 0 Å². The molecule has 0 aliphatic heterocycles. The molecule has 0 aliphatic rings. The second kappa shape index (κ2) is 4.84. The van der Waals surface area contributed by atoms with Crippen molar-refractivity contribution in [2.75, 3.05) is 6.61 Å². The SMILES string of the molecule is C#Cc1cc(F)cc(C)c1OCC(C)C. The van der Waals surface area contributed by atoms with Gasteiger partial charge in [0.15, 0.2) is 0 Å². The summed E-state index contributed by atoms with van der Waals surface area (Å²) < 4.78 is 18.6. The van der Waals surface area contributed by atoms with Gasteiger partial charge >= 0.3 is 0 Å². The van der Waals surface area contributed by atoms with E-state index in [9.17, 15) is 4.39 Å². The first-order valence-electron chi connectivity index (χ1n) is 4.94. The molecule has 15 heavy (non-hydrogen) atoms. The highest BCUT2D eigenvalue weighted by Crippen LogP contribution is 2.24. The lowest BCUT2D eigenvalue weighted by atomic mass is 10.1. The van der Waals surface area contributed by atoms with E-state index < -0.39 is 0 Å². The molecule has 0 heterocycles. The third kappa shape index (κ3) is 2.99. The smallest absolute Gasteiger partial charge is 0.138 e. The molecule has 0 aliphatic carbocycles. The molecule has 0 bridgehead atoms. The predicted molar refractivity (Wildman–Crippen MR) is 59.4 cm³/mol. The normalized spacial score (nSPS) is 10.1. The van der Waals surface area contributed by atoms with E-state index in [2.05, 4.69) is 19.8 Å². The first-order valence-corrected chi connectivity index (χ1v) is 4.94. The molecule has 0 spiro atoms. The summed E-state index contributed by atoms with van der Waals surface area (Å²) >= 11 is 0. The van der Waals surface area contributed by atoms with E-state index in [1.54, 1.807) is 6.92 Å². The number of rotatable bonds is 3. The Labute approximate surface area is 90.3 Å². The van der Waals surface area contributed by atoms with Gasteiger partial charge in [-0.25, -0.2) is 4.39 Å². The van der Waals surface area contributed by atoms with E-state index in [0.717, 1.165) is 5.56 Å². The standard InChI is InChI=1S/C13H15FO/c1-5-11-7-12(14)6-10(4)13(11)15-8-9(2)3/h1,6-7,9H,8H2,2-4H3. The Balaban J connectivity index is 3.00. The van der Waals surface area contributed by atoms with Crippen molar-refractivity contribution in [3.05, 3.63) is 29.1 Å². The van der Waals surface area contributed by atoms with Gasteiger partial charge in [0.05, 0.1) is 12.2 Å². The van der Waals surface area contributed by atoms with Crippen molar-refractivity contribution < 1.29 is 9.13 Å². The molecule has 0 N–H and O–H groups in total. The lowest BCUT2D eigenvalue weighted by molar-refractivity contribution is 0.268. The maximum atomic E-state index is 13.0. The molecule has 0 radical (unpaired) electrons. The van der Waals surface area contributed by atoms with Crippen molar-refractivity contribution in [2.45, 2.75) is 20.8 Å². The first-order chi connectivity index (χ1) is 7.04. The number of hydrogen-bond acceptors (Lipinski definition) is 1. The molecule has 0 unspecified atom stereocenters. The van der Waals surface area contributed by atoms with E-state index in [0.29, 0.717) is 23.8 Å². The van der Waals surface area contributed by atoms with Crippen LogP contribution < -0.4 is 4.74 Å². The molecule has 1 aromatic rings. The number of ether oxygens (including phenoxy) is 1. The van der Waals surface area contributed by atoms with Gasteiger partial charge in [-0.15, -0.1) is 6.42 Å². The summed E-state index contributed by atoms with van der Waals surface area (Å²) in [6.45, 7) is 6.48. The van der Waals surface area contributed by atoms with E-state index in [4.69, 9.17) is 11.2 Å². The zero-order valence-corrected chi connectivity index (χ0v) is 9.30. The molecule has 1 nitrogen and oxygen atoms in total. The highest BCUT2D eigenvalue weighted by Gasteiger charge is 2.08. The molecule has 0 fully saturated rings. The predicted octanol–water partition coefficient (Wildman–Crippen LogP) is 3.15. The zero-order chi connectivity index (χ0) is 11.4. The van der Waals surface area contributed by atoms with Crippen LogP contribution in [0, 0.1) is 31.0 Å². The molecule has 0 atom stereocenters. The fourth-order valence-electron chi connectivity index (χ4n) is 1.28. The topological polar surface area (TPSA) is 9.23 Å². The Bertz CT molecular complexity index is 388. The average molecular weight is 206 g/mol. The summed E-state index contributed by atoms with van der Waals surface area (Å²) in [5, 5.41) is 0. The Morgan fingerprint density at radius 1 is 1.47 bits per heavy atom. The number of halogens is 1. The number of terminal acetylenes is 1. The maximum absolute atomic E-state index is 13.0. The van der Waals surface area contributed by atoms with Gasteiger partial charge in [-0.05, 0) is 30.5 Å². The molecule has 0 amide bonds. The Morgan fingerprint density at radius 2 is 2.13 bits per heavy atom. The first kappa shape index (κ1) is 11.6. The monoisotopic (exact) mass is 206 g/mol. The summed E-state index contributed by atoms with van der Waals surface area (Å²) in [6.07, 6.45) is 5.30. The van der Waals surface area contributed by atoms with Crippen molar-refractivity contribution in [3.8, 4) is 18.1 Å². The molecule has 0 aromatic heterocycles. The molecular formula is C13H15FO. The van der Waals surface area contributed by atoms with Gasteiger partial charge in [0.1, 0.15) is 11.6 Å². The summed E-state index contributed by atoms with van der Waals surface area (Å²) in [5.74, 6) is 3.15. The van der Waals surface area contributed by atoms with Crippen LogP contribution >= 0.6 is 0 Å². The minimum absolute atomic E-state index is 0.322. The van der Waals surface area contributed by atoms with Gasteiger partial charge in [-0.2, -0.15) is 0 Å². The van der Waals surface area contributed by atoms with Crippen LogP contribution in [0.2, 0.25) is 0 Å². The summed E-state index contributed by atoms with van der Waals surface area (Å²) in [6, 6.07) is 2.75. The molecular weight excluding hydrogens is 191 g/mol. The van der Waals surface area contributed by atoms with Crippen LogP contribution in [0.5, 0.6) is 5.75 Å². The van der Waals surface area contributed by atoms with Crippen molar-refractivity contribution in [1.29, 1.82) is 0 Å².